The highest BCUT2D eigenvalue weighted by Crippen LogP contribution is 2.17. The summed E-state index contributed by atoms with van der Waals surface area (Å²) in [5.74, 6) is 0.00700. The molecule has 1 atom stereocenters. The molecular formula is C17H23N3O. The van der Waals surface area contributed by atoms with Gasteiger partial charge < -0.3 is 15.2 Å². The molecule has 1 saturated heterocycles. The van der Waals surface area contributed by atoms with Crippen LogP contribution in [-0.2, 0) is 0 Å². The lowest BCUT2D eigenvalue weighted by atomic mass is 10.1. The Morgan fingerprint density at radius 1 is 1.29 bits per heavy atom. The summed E-state index contributed by atoms with van der Waals surface area (Å²) in [4.78, 5) is 18.1. The molecule has 1 amide bonds. The number of carbonyl (C=O) groups is 1. The third-order valence-corrected chi connectivity index (χ3v) is 4.19. The summed E-state index contributed by atoms with van der Waals surface area (Å²) in [6.07, 6.45) is 5.77. The Morgan fingerprint density at radius 2 is 2.10 bits per heavy atom. The number of para-hydroxylation sites is 1. The van der Waals surface area contributed by atoms with E-state index in [-0.39, 0.29) is 11.9 Å². The lowest BCUT2D eigenvalue weighted by Gasteiger charge is -2.29. The molecule has 4 nitrogen and oxygen atoms in total. The quantitative estimate of drug-likeness (QED) is 0.907. The van der Waals surface area contributed by atoms with Crippen molar-refractivity contribution in [2.24, 2.45) is 0 Å². The van der Waals surface area contributed by atoms with Gasteiger partial charge in [0.05, 0.1) is 11.1 Å². The second-order valence-corrected chi connectivity index (χ2v) is 5.98. The van der Waals surface area contributed by atoms with Crippen molar-refractivity contribution in [2.45, 2.75) is 32.2 Å². The average Bonchev–Trinajstić information content (AvgIpc) is 2.96. The van der Waals surface area contributed by atoms with Crippen molar-refractivity contribution in [2.75, 3.05) is 19.6 Å². The van der Waals surface area contributed by atoms with E-state index in [2.05, 4.69) is 22.1 Å². The molecule has 3 rings (SSSR count). The molecule has 0 spiro atoms. The first-order valence-electron chi connectivity index (χ1n) is 7.83. The Labute approximate surface area is 125 Å². The number of nitrogens with one attached hydrogen (secondary N) is 2. The highest BCUT2D eigenvalue weighted by atomic mass is 16.1. The predicted molar refractivity (Wildman–Crippen MR) is 85.5 cm³/mol. The molecule has 21 heavy (non-hydrogen) atoms. The van der Waals surface area contributed by atoms with Crippen LogP contribution in [0, 0.1) is 0 Å². The number of aromatic amines is 1. The molecule has 2 aromatic rings. The van der Waals surface area contributed by atoms with Crippen LogP contribution in [0.1, 0.15) is 36.5 Å². The molecule has 1 unspecified atom stereocenters. The third-order valence-electron chi connectivity index (χ3n) is 4.19. The van der Waals surface area contributed by atoms with Gasteiger partial charge >= 0.3 is 0 Å². The number of aromatic nitrogens is 1. The molecule has 0 aliphatic carbocycles. The molecule has 4 heteroatoms. The zero-order valence-electron chi connectivity index (χ0n) is 12.6. The Bertz CT molecular complexity index is 613. The number of rotatable bonds is 4. The van der Waals surface area contributed by atoms with Crippen LogP contribution in [0.25, 0.3) is 10.9 Å². The van der Waals surface area contributed by atoms with E-state index in [9.17, 15) is 4.79 Å². The fourth-order valence-corrected chi connectivity index (χ4v) is 3.15. The molecule has 1 aromatic heterocycles. The summed E-state index contributed by atoms with van der Waals surface area (Å²) in [7, 11) is 0. The minimum absolute atomic E-state index is 0.00700. The summed E-state index contributed by atoms with van der Waals surface area (Å²) in [5.41, 5.74) is 1.64. The van der Waals surface area contributed by atoms with Crippen LogP contribution in [0.3, 0.4) is 0 Å². The number of fused-ring (bicyclic) bond motifs is 1. The minimum atomic E-state index is 0.00700. The summed E-state index contributed by atoms with van der Waals surface area (Å²) in [6.45, 7) is 5.34. The molecule has 0 radical (unpaired) electrons. The third kappa shape index (κ3) is 3.27. The zero-order chi connectivity index (χ0) is 14.7. The maximum Gasteiger partial charge on any atom is 0.253 e. The van der Waals surface area contributed by atoms with E-state index >= 15 is 0 Å². The van der Waals surface area contributed by atoms with Gasteiger partial charge in [0.2, 0.25) is 0 Å². The minimum Gasteiger partial charge on any atom is -0.361 e. The number of nitrogens with zero attached hydrogens (tertiary/aromatic N) is 1. The number of likely N-dealkylation sites (tertiary alicyclic amines) is 1. The number of benzene rings is 1. The van der Waals surface area contributed by atoms with Crippen molar-refractivity contribution in [3.8, 4) is 0 Å². The largest absolute Gasteiger partial charge is 0.361 e. The number of hydrogen-bond donors (Lipinski definition) is 2. The maximum absolute atomic E-state index is 12.5. The molecule has 0 bridgehead atoms. The van der Waals surface area contributed by atoms with Gasteiger partial charge in [-0.25, -0.2) is 0 Å². The van der Waals surface area contributed by atoms with Gasteiger partial charge in [-0.05, 0) is 45.0 Å². The molecule has 2 heterocycles. The van der Waals surface area contributed by atoms with E-state index in [4.69, 9.17) is 0 Å². The fourth-order valence-electron chi connectivity index (χ4n) is 3.15. The molecular weight excluding hydrogens is 262 g/mol. The molecule has 1 fully saturated rings. The average molecular weight is 285 g/mol. The van der Waals surface area contributed by atoms with Crippen LogP contribution in [0.15, 0.2) is 30.5 Å². The first kappa shape index (κ1) is 14.1. The van der Waals surface area contributed by atoms with Crippen molar-refractivity contribution < 1.29 is 4.79 Å². The van der Waals surface area contributed by atoms with Gasteiger partial charge in [-0.1, -0.05) is 18.6 Å². The van der Waals surface area contributed by atoms with Gasteiger partial charge in [0, 0.05) is 24.2 Å². The maximum atomic E-state index is 12.5. The molecule has 112 valence electrons. The summed E-state index contributed by atoms with van der Waals surface area (Å²) >= 11 is 0. The first-order valence-corrected chi connectivity index (χ1v) is 7.83. The topological polar surface area (TPSA) is 48.1 Å². The summed E-state index contributed by atoms with van der Waals surface area (Å²) < 4.78 is 0. The normalized spacial score (nSPS) is 17.8. The molecule has 2 N–H and O–H groups in total. The SMILES string of the molecule is CC(CN1CCCCC1)NC(=O)c1cccc2cc[nH]c12. The van der Waals surface area contributed by atoms with Gasteiger partial charge in [-0.2, -0.15) is 0 Å². The number of amides is 1. The highest BCUT2D eigenvalue weighted by molar-refractivity contribution is 6.05. The van der Waals surface area contributed by atoms with Gasteiger partial charge in [0.1, 0.15) is 0 Å². The Balaban J connectivity index is 1.64. The van der Waals surface area contributed by atoms with Gasteiger partial charge in [0.25, 0.3) is 5.91 Å². The van der Waals surface area contributed by atoms with Crippen molar-refractivity contribution >= 4 is 16.8 Å². The molecule has 1 aliphatic rings. The van der Waals surface area contributed by atoms with Crippen LogP contribution < -0.4 is 5.32 Å². The smallest absolute Gasteiger partial charge is 0.253 e. The number of carbonyl (C=O) groups excluding carboxylic acids is 1. The second kappa shape index (κ2) is 6.31. The fraction of sp³-hybridized carbons (Fsp3) is 0.471. The molecule has 1 aliphatic heterocycles. The summed E-state index contributed by atoms with van der Waals surface area (Å²) in [6, 6.07) is 7.98. The van der Waals surface area contributed by atoms with Crippen LogP contribution in [0.5, 0.6) is 0 Å². The standard InChI is InChI=1S/C17H23N3O/c1-13(12-20-10-3-2-4-11-20)19-17(21)15-7-5-6-14-8-9-18-16(14)15/h5-9,13,18H,2-4,10-12H2,1H3,(H,19,21). The zero-order valence-corrected chi connectivity index (χ0v) is 12.6. The van der Waals surface area contributed by atoms with Gasteiger partial charge in [-0.3, -0.25) is 4.79 Å². The van der Waals surface area contributed by atoms with E-state index < -0.39 is 0 Å². The number of hydrogen-bond acceptors (Lipinski definition) is 2. The van der Waals surface area contributed by atoms with Crippen LogP contribution >= 0.6 is 0 Å². The van der Waals surface area contributed by atoms with E-state index in [1.165, 1.54) is 19.3 Å². The van der Waals surface area contributed by atoms with E-state index in [0.29, 0.717) is 0 Å². The highest BCUT2D eigenvalue weighted by Gasteiger charge is 2.17. The Morgan fingerprint density at radius 3 is 2.90 bits per heavy atom. The van der Waals surface area contributed by atoms with Crippen molar-refractivity contribution in [1.82, 2.24) is 15.2 Å². The van der Waals surface area contributed by atoms with E-state index in [0.717, 1.165) is 36.1 Å². The number of piperidine rings is 1. The van der Waals surface area contributed by atoms with Crippen LogP contribution in [-0.4, -0.2) is 41.5 Å². The lowest BCUT2D eigenvalue weighted by Crippen LogP contribution is -2.43. The predicted octanol–water partition coefficient (Wildman–Crippen LogP) is 2.77. The summed E-state index contributed by atoms with van der Waals surface area (Å²) in [5, 5.41) is 4.20. The van der Waals surface area contributed by atoms with Crippen molar-refractivity contribution in [1.29, 1.82) is 0 Å². The Hall–Kier alpha value is -1.81. The monoisotopic (exact) mass is 285 g/mol. The molecule has 1 aromatic carbocycles. The lowest BCUT2D eigenvalue weighted by molar-refractivity contribution is 0.0927. The van der Waals surface area contributed by atoms with Gasteiger partial charge in [0.15, 0.2) is 0 Å². The van der Waals surface area contributed by atoms with E-state index in [1.54, 1.807) is 0 Å². The van der Waals surface area contributed by atoms with Crippen LogP contribution in [0.2, 0.25) is 0 Å². The van der Waals surface area contributed by atoms with Crippen molar-refractivity contribution in [3.63, 3.8) is 0 Å². The first-order chi connectivity index (χ1) is 10.2. The van der Waals surface area contributed by atoms with Crippen LogP contribution in [0.4, 0.5) is 0 Å². The Kier molecular flexibility index (Phi) is 4.25. The molecule has 0 saturated carbocycles. The van der Waals surface area contributed by atoms with Crippen molar-refractivity contribution in [3.05, 3.63) is 36.0 Å². The second-order valence-electron chi connectivity index (χ2n) is 5.98. The number of H-pyrrole nitrogens is 1. The van der Waals surface area contributed by atoms with Gasteiger partial charge in [-0.15, -0.1) is 0 Å². The van der Waals surface area contributed by atoms with E-state index in [1.807, 2.05) is 30.5 Å².